The molecule has 0 saturated heterocycles. The molecule has 0 saturated carbocycles. The van der Waals surface area contributed by atoms with Crippen molar-refractivity contribution in [3.8, 4) is 62.4 Å². The van der Waals surface area contributed by atoms with Crippen LogP contribution in [0, 0.1) is 0 Å². The summed E-state index contributed by atoms with van der Waals surface area (Å²) in [7, 11) is 0. The summed E-state index contributed by atoms with van der Waals surface area (Å²) in [6.07, 6.45) is 0. The average Bonchev–Trinajstić information content (AvgIpc) is 4.27. The standard InChI is InChI=1S/C69H42N6S/c1-4-18-43(19-5-1)67-70-68(44-20-6-2-7-21-44)72-69(71-67)54-29-16-27-52-53-28-17-33-64(66(53)76-65(52)54)75-60-32-15-12-25-50(60)56-41-46(35-38-63(56)75)45-34-37-61-55(40-45)49-24-10-14-31-59(49)74(61)48-36-39-62-57(42-48)51-26-11-13-30-58(51)73(62)47-22-8-3-9-23-47/h1-42H. The van der Waals surface area contributed by atoms with E-state index >= 15 is 0 Å². The van der Waals surface area contributed by atoms with E-state index in [1.54, 1.807) is 0 Å². The molecule has 11 aromatic carbocycles. The molecular formula is C69H42N6S. The Labute approximate surface area is 440 Å². The van der Waals surface area contributed by atoms with Crippen LogP contribution in [-0.4, -0.2) is 28.7 Å². The van der Waals surface area contributed by atoms with Gasteiger partial charge in [0.1, 0.15) is 0 Å². The van der Waals surface area contributed by atoms with Gasteiger partial charge in [-0.3, -0.25) is 0 Å². The Balaban J connectivity index is 0.829. The summed E-state index contributed by atoms with van der Waals surface area (Å²) in [5.74, 6) is 1.96. The highest BCUT2D eigenvalue weighted by Gasteiger charge is 2.22. The molecule has 16 rings (SSSR count). The molecule has 7 heteroatoms. The number of thiophene rings is 1. The quantitative estimate of drug-likeness (QED) is 0.160. The van der Waals surface area contributed by atoms with Gasteiger partial charge in [0.05, 0.1) is 43.5 Å². The topological polar surface area (TPSA) is 53.5 Å². The van der Waals surface area contributed by atoms with Crippen molar-refractivity contribution in [1.29, 1.82) is 0 Å². The molecule has 16 aromatic rings. The molecule has 0 fully saturated rings. The summed E-state index contributed by atoms with van der Waals surface area (Å²) in [4.78, 5) is 15.3. The maximum absolute atomic E-state index is 5.16. The molecule has 0 atom stereocenters. The van der Waals surface area contributed by atoms with Crippen LogP contribution in [0.4, 0.5) is 0 Å². The fourth-order valence-electron chi connectivity index (χ4n) is 11.9. The van der Waals surface area contributed by atoms with E-state index < -0.39 is 0 Å². The Bertz CT molecular complexity index is 4930. The number of para-hydroxylation sites is 4. The lowest BCUT2D eigenvalue weighted by atomic mass is 10.0. The van der Waals surface area contributed by atoms with Gasteiger partial charge in [0.2, 0.25) is 0 Å². The van der Waals surface area contributed by atoms with Crippen LogP contribution in [0.2, 0.25) is 0 Å². The largest absolute Gasteiger partial charge is 0.309 e. The van der Waals surface area contributed by atoms with Crippen LogP contribution in [0.1, 0.15) is 0 Å². The molecule has 0 bridgehead atoms. The zero-order valence-electron chi connectivity index (χ0n) is 40.8. The summed E-state index contributed by atoms with van der Waals surface area (Å²) < 4.78 is 9.63. The van der Waals surface area contributed by atoms with Crippen molar-refractivity contribution < 1.29 is 0 Å². The van der Waals surface area contributed by atoms with Gasteiger partial charge in [-0.1, -0.05) is 170 Å². The molecule has 0 aliphatic heterocycles. The normalized spacial score (nSPS) is 11.9. The van der Waals surface area contributed by atoms with E-state index in [-0.39, 0.29) is 0 Å². The number of aromatic nitrogens is 6. The lowest BCUT2D eigenvalue weighted by Gasteiger charge is -2.11. The SMILES string of the molecule is c1ccc(-c2nc(-c3ccccc3)nc(-c3cccc4c3sc3c(-n5c6ccccc6c6cc(-c7ccc8c(c7)c7ccccc7n8-c7ccc8c(c7)c7ccccc7n8-c7ccccc7)ccc65)cccc34)n2)cc1. The second-order valence-electron chi connectivity index (χ2n) is 19.5. The first-order valence-corrected chi connectivity index (χ1v) is 26.5. The molecule has 0 unspecified atom stereocenters. The highest BCUT2D eigenvalue weighted by Crippen LogP contribution is 2.45. The molecule has 0 amide bonds. The molecule has 0 aliphatic rings. The predicted octanol–water partition coefficient (Wildman–Crippen LogP) is 18.2. The molecule has 0 N–H and O–H groups in total. The van der Waals surface area contributed by atoms with Gasteiger partial charge < -0.3 is 13.7 Å². The van der Waals surface area contributed by atoms with E-state index in [0.717, 1.165) is 44.0 Å². The minimum absolute atomic E-state index is 0.650. The third-order valence-electron chi connectivity index (χ3n) is 15.3. The van der Waals surface area contributed by atoms with Crippen molar-refractivity contribution in [3.05, 3.63) is 255 Å². The number of hydrogen-bond acceptors (Lipinski definition) is 4. The Morgan fingerprint density at radius 2 is 0.671 bits per heavy atom. The van der Waals surface area contributed by atoms with Crippen molar-refractivity contribution in [2.24, 2.45) is 0 Å². The smallest absolute Gasteiger partial charge is 0.165 e. The van der Waals surface area contributed by atoms with Crippen LogP contribution in [0.15, 0.2) is 255 Å². The highest BCUT2D eigenvalue weighted by atomic mass is 32.1. The lowest BCUT2D eigenvalue weighted by molar-refractivity contribution is 1.08. The summed E-state index contributed by atoms with van der Waals surface area (Å²) >= 11 is 1.81. The van der Waals surface area contributed by atoms with E-state index in [1.165, 1.54) is 86.5 Å². The van der Waals surface area contributed by atoms with Crippen LogP contribution in [0.3, 0.4) is 0 Å². The lowest BCUT2D eigenvalue weighted by Crippen LogP contribution is -2.00. The third-order valence-corrected chi connectivity index (χ3v) is 16.6. The Morgan fingerprint density at radius 3 is 1.26 bits per heavy atom. The fraction of sp³-hybridized carbons (Fsp3) is 0. The van der Waals surface area contributed by atoms with Crippen molar-refractivity contribution in [3.63, 3.8) is 0 Å². The second kappa shape index (κ2) is 16.8. The summed E-state index contributed by atoms with van der Waals surface area (Å²) in [6.45, 7) is 0. The van der Waals surface area contributed by atoms with Crippen LogP contribution in [0.5, 0.6) is 0 Å². The second-order valence-corrected chi connectivity index (χ2v) is 20.6. The summed E-state index contributed by atoms with van der Waals surface area (Å²) in [5.41, 5.74) is 15.8. The van der Waals surface area contributed by atoms with Crippen LogP contribution in [0.25, 0.3) is 148 Å². The van der Waals surface area contributed by atoms with Crippen molar-refractivity contribution in [2.75, 3.05) is 0 Å². The van der Waals surface area contributed by atoms with Crippen molar-refractivity contribution in [1.82, 2.24) is 28.7 Å². The van der Waals surface area contributed by atoms with Gasteiger partial charge in [0, 0.05) is 75.9 Å². The zero-order valence-corrected chi connectivity index (χ0v) is 41.7. The first-order chi connectivity index (χ1) is 37.7. The molecule has 5 aromatic heterocycles. The van der Waals surface area contributed by atoms with Gasteiger partial charge >= 0.3 is 0 Å². The number of benzene rings is 11. The van der Waals surface area contributed by atoms with Crippen LogP contribution >= 0.6 is 11.3 Å². The van der Waals surface area contributed by atoms with Gasteiger partial charge in [-0.25, -0.2) is 15.0 Å². The Hall–Kier alpha value is -9.95. The predicted molar refractivity (Wildman–Crippen MR) is 317 cm³/mol. The minimum Gasteiger partial charge on any atom is -0.309 e. The highest BCUT2D eigenvalue weighted by molar-refractivity contribution is 7.26. The Morgan fingerprint density at radius 1 is 0.250 bits per heavy atom. The van der Waals surface area contributed by atoms with Gasteiger partial charge in [-0.2, -0.15) is 0 Å². The maximum atomic E-state index is 5.16. The van der Waals surface area contributed by atoms with E-state index in [9.17, 15) is 0 Å². The maximum Gasteiger partial charge on any atom is 0.165 e. The molecule has 0 radical (unpaired) electrons. The molecule has 76 heavy (non-hydrogen) atoms. The van der Waals surface area contributed by atoms with Gasteiger partial charge in [-0.05, 0) is 96.1 Å². The molecule has 0 aliphatic carbocycles. The third kappa shape index (κ3) is 6.49. The number of fused-ring (bicyclic) bond motifs is 12. The first-order valence-electron chi connectivity index (χ1n) is 25.7. The van der Waals surface area contributed by atoms with Crippen LogP contribution in [-0.2, 0) is 0 Å². The monoisotopic (exact) mass is 986 g/mol. The van der Waals surface area contributed by atoms with E-state index in [1.807, 2.05) is 47.7 Å². The van der Waals surface area contributed by atoms with E-state index in [4.69, 9.17) is 15.0 Å². The molecule has 0 spiro atoms. The van der Waals surface area contributed by atoms with Crippen molar-refractivity contribution >= 4 is 96.9 Å². The molecule has 354 valence electrons. The minimum atomic E-state index is 0.650. The first kappa shape index (κ1) is 42.5. The number of hydrogen-bond donors (Lipinski definition) is 0. The number of nitrogens with zero attached hydrogens (tertiary/aromatic N) is 6. The summed E-state index contributed by atoms with van der Waals surface area (Å²) in [5, 5.41) is 9.73. The van der Waals surface area contributed by atoms with Crippen molar-refractivity contribution in [2.45, 2.75) is 0 Å². The van der Waals surface area contributed by atoms with E-state index in [2.05, 4.69) is 232 Å². The van der Waals surface area contributed by atoms with Crippen LogP contribution < -0.4 is 0 Å². The molecular weight excluding hydrogens is 945 g/mol. The fourth-order valence-corrected chi connectivity index (χ4v) is 13.2. The Kier molecular flexibility index (Phi) is 9.40. The number of rotatable bonds is 7. The molecule has 6 nitrogen and oxygen atoms in total. The summed E-state index contributed by atoms with van der Waals surface area (Å²) in [6, 6.07) is 91.6. The average molecular weight is 987 g/mol. The van der Waals surface area contributed by atoms with E-state index in [0.29, 0.717) is 17.5 Å². The van der Waals surface area contributed by atoms with Gasteiger partial charge in [0.25, 0.3) is 0 Å². The van der Waals surface area contributed by atoms with Gasteiger partial charge in [-0.15, -0.1) is 11.3 Å². The van der Waals surface area contributed by atoms with Gasteiger partial charge in [0.15, 0.2) is 17.5 Å². The molecule has 5 heterocycles. The zero-order chi connectivity index (χ0) is 49.8.